The van der Waals surface area contributed by atoms with Crippen molar-refractivity contribution in [2.24, 2.45) is 0 Å². The van der Waals surface area contributed by atoms with Crippen molar-refractivity contribution in [3.63, 3.8) is 0 Å². The van der Waals surface area contributed by atoms with E-state index in [-0.39, 0.29) is 41.4 Å². The number of amides is 1. The fraction of sp³-hybridized carbons (Fsp3) is 0.467. The molecule has 7 nitrogen and oxygen atoms in total. The zero-order valence-corrected chi connectivity index (χ0v) is 13.8. The minimum atomic E-state index is -3.05. The van der Waals surface area contributed by atoms with Crippen LogP contribution in [0.4, 0.5) is 0 Å². The summed E-state index contributed by atoms with van der Waals surface area (Å²) in [6.07, 6.45) is 1.06. The lowest BCUT2D eigenvalue weighted by molar-refractivity contribution is -0.133. The highest BCUT2D eigenvalue weighted by Crippen LogP contribution is 2.23. The van der Waals surface area contributed by atoms with Gasteiger partial charge in [-0.15, -0.1) is 0 Å². The highest BCUT2D eigenvalue weighted by Gasteiger charge is 2.32. The van der Waals surface area contributed by atoms with Gasteiger partial charge < -0.3 is 14.4 Å². The Balaban J connectivity index is 1.98. The number of benzene rings is 1. The van der Waals surface area contributed by atoms with Crippen molar-refractivity contribution >= 4 is 22.0 Å². The molecule has 1 fully saturated rings. The summed E-state index contributed by atoms with van der Waals surface area (Å²) in [5.41, 5.74) is 0.281. The van der Waals surface area contributed by atoms with Gasteiger partial charge in [-0.05, 0) is 24.6 Å². The molecule has 23 heavy (non-hydrogen) atoms. The van der Waals surface area contributed by atoms with Crippen LogP contribution in [0.5, 0.6) is 11.5 Å². The summed E-state index contributed by atoms with van der Waals surface area (Å²) in [5.74, 6) is 0.543. The summed E-state index contributed by atoms with van der Waals surface area (Å²) >= 11 is 0. The van der Waals surface area contributed by atoms with E-state index in [1.165, 1.54) is 18.1 Å². The van der Waals surface area contributed by atoms with E-state index in [0.29, 0.717) is 18.5 Å². The molecule has 126 valence electrons. The van der Waals surface area contributed by atoms with Crippen molar-refractivity contribution in [2.75, 3.05) is 32.3 Å². The summed E-state index contributed by atoms with van der Waals surface area (Å²) < 4.78 is 33.4. The Labute approximate surface area is 135 Å². The van der Waals surface area contributed by atoms with Crippen LogP contribution in [0, 0.1) is 0 Å². The molecule has 1 saturated heterocycles. The number of carbonyl (C=O) groups excluding carboxylic acids is 2. The number of carbonyl (C=O) groups is 2. The molecule has 0 spiro atoms. The topological polar surface area (TPSA) is 90.0 Å². The molecule has 1 aromatic carbocycles. The molecule has 1 aliphatic rings. The van der Waals surface area contributed by atoms with Crippen molar-refractivity contribution in [3.05, 3.63) is 23.8 Å². The van der Waals surface area contributed by atoms with Crippen LogP contribution < -0.4 is 9.47 Å². The molecular formula is C15H19NO6S. The first-order chi connectivity index (χ1) is 10.9. The van der Waals surface area contributed by atoms with Crippen LogP contribution in [0.3, 0.4) is 0 Å². The monoisotopic (exact) mass is 341 g/mol. The van der Waals surface area contributed by atoms with Crippen LogP contribution in [0.25, 0.3) is 0 Å². The molecule has 1 atom stereocenters. The Morgan fingerprint density at radius 2 is 2.17 bits per heavy atom. The Kier molecular flexibility index (Phi) is 5.25. The Morgan fingerprint density at radius 1 is 1.43 bits per heavy atom. The summed E-state index contributed by atoms with van der Waals surface area (Å²) in [6.45, 7) is -0.264. The van der Waals surface area contributed by atoms with Crippen LogP contribution in [0.1, 0.15) is 16.8 Å². The van der Waals surface area contributed by atoms with E-state index in [1.54, 1.807) is 19.2 Å². The standard InChI is InChI=1S/C15H19NO6S/c1-16(12-5-6-23(19,20)10-12)15(18)9-22-14-4-3-13(21-2)7-11(14)8-17/h3-4,7-8,12H,5-6,9-10H2,1-2H3/t12-/m1/s1. The van der Waals surface area contributed by atoms with Crippen molar-refractivity contribution in [3.8, 4) is 11.5 Å². The number of hydrogen-bond acceptors (Lipinski definition) is 6. The fourth-order valence-corrected chi connectivity index (χ4v) is 4.18. The van der Waals surface area contributed by atoms with Gasteiger partial charge >= 0.3 is 0 Å². The fourth-order valence-electron chi connectivity index (χ4n) is 2.40. The lowest BCUT2D eigenvalue weighted by atomic mass is 10.2. The average molecular weight is 341 g/mol. The largest absolute Gasteiger partial charge is 0.497 e. The van der Waals surface area contributed by atoms with Crippen molar-refractivity contribution in [1.29, 1.82) is 0 Å². The normalized spacial score (nSPS) is 19.1. The molecule has 2 rings (SSSR count). The number of rotatable bonds is 6. The van der Waals surface area contributed by atoms with Gasteiger partial charge in [0.15, 0.2) is 22.7 Å². The molecule has 0 radical (unpaired) electrons. The van der Waals surface area contributed by atoms with E-state index in [4.69, 9.17) is 9.47 Å². The number of nitrogens with zero attached hydrogens (tertiary/aromatic N) is 1. The number of methoxy groups -OCH3 is 1. The maximum Gasteiger partial charge on any atom is 0.260 e. The summed E-state index contributed by atoms with van der Waals surface area (Å²) in [5, 5.41) is 0. The third kappa shape index (κ3) is 4.22. The molecule has 0 aromatic heterocycles. The summed E-state index contributed by atoms with van der Waals surface area (Å²) in [6, 6.07) is 4.37. The van der Waals surface area contributed by atoms with Gasteiger partial charge in [0.1, 0.15) is 11.5 Å². The van der Waals surface area contributed by atoms with E-state index >= 15 is 0 Å². The maximum absolute atomic E-state index is 12.1. The van der Waals surface area contributed by atoms with E-state index in [0.717, 1.165) is 0 Å². The van der Waals surface area contributed by atoms with Crippen LogP contribution in [0.15, 0.2) is 18.2 Å². The first kappa shape index (κ1) is 17.3. The molecule has 0 bridgehead atoms. The lowest BCUT2D eigenvalue weighted by Gasteiger charge is -2.23. The zero-order chi connectivity index (χ0) is 17.0. The van der Waals surface area contributed by atoms with Gasteiger partial charge in [-0.3, -0.25) is 9.59 Å². The van der Waals surface area contributed by atoms with Crippen molar-refractivity contribution in [2.45, 2.75) is 12.5 Å². The molecule has 1 amide bonds. The van der Waals surface area contributed by atoms with Crippen molar-refractivity contribution < 1.29 is 27.5 Å². The Morgan fingerprint density at radius 3 is 2.74 bits per heavy atom. The third-order valence-electron chi connectivity index (χ3n) is 3.84. The maximum atomic E-state index is 12.1. The summed E-state index contributed by atoms with van der Waals surface area (Å²) in [4.78, 5) is 24.6. The number of hydrogen-bond donors (Lipinski definition) is 0. The van der Waals surface area contributed by atoms with E-state index < -0.39 is 9.84 Å². The molecule has 1 heterocycles. The van der Waals surface area contributed by atoms with Crippen LogP contribution >= 0.6 is 0 Å². The van der Waals surface area contributed by atoms with Crippen LogP contribution in [-0.2, 0) is 14.6 Å². The number of sulfone groups is 1. The number of likely N-dealkylation sites (N-methyl/N-ethyl adjacent to an activating group) is 1. The molecule has 0 unspecified atom stereocenters. The van der Waals surface area contributed by atoms with Crippen molar-refractivity contribution in [1.82, 2.24) is 4.90 Å². The molecule has 0 saturated carbocycles. The molecule has 0 aliphatic carbocycles. The van der Waals surface area contributed by atoms with Gasteiger partial charge in [0.25, 0.3) is 5.91 Å². The van der Waals surface area contributed by atoms with Gasteiger partial charge in [0, 0.05) is 13.1 Å². The first-order valence-electron chi connectivity index (χ1n) is 7.08. The number of aldehydes is 1. The van der Waals surface area contributed by atoms with Gasteiger partial charge in [-0.25, -0.2) is 8.42 Å². The molecule has 0 N–H and O–H groups in total. The predicted octanol–water partition coefficient (Wildman–Crippen LogP) is 0.532. The second-order valence-corrected chi connectivity index (χ2v) is 7.60. The average Bonchev–Trinajstić information content (AvgIpc) is 2.91. The zero-order valence-electron chi connectivity index (χ0n) is 13.0. The predicted molar refractivity (Wildman–Crippen MR) is 83.7 cm³/mol. The van der Waals surface area contributed by atoms with E-state index in [1.807, 2.05) is 0 Å². The molecule has 1 aromatic rings. The molecule has 1 aliphatic heterocycles. The quantitative estimate of drug-likeness (QED) is 0.701. The van der Waals surface area contributed by atoms with E-state index in [2.05, 4.69) is 0 Å². The summed E-state index contributed by atoms with van der Waals surface area (Å²) in [7, 11) is -0.00833. The highest BCUT2D eigenvalue weighted by atomic mass is 32.2. The lowest BCUT2D eigenvalue weighted by Crippen LogP contribution is -2.40. The van der Waals surface area contributed by atoms with Gasteiger partial charge in [0.2, 0.25) is 0 Å². The molecular weight excluding hydrogens is 322 g/mol. The second-order valence-electron chi connectivity index (χ2n) is 5.37. The number of ether oxygens (including phenoxy) is 2. The van der Waals surface area contributed by atoms with Gasteiger partial charge in [-0.2, -0.15) is 0 Å². The second kappa shape index (κ2) is 6.99. The van der Waals surface area contributed by atoms with E-state index in [9.17, 15) is 18.0 Å². The third-order valence-corrected chi connectivity index (χ3v) is 5.59. The smallest absolute Gasteiger partial charge is 0.260 e. The SMILES string of the molecule is COc1ccc(OCC(=O)N(C)[C@@H]2CCS(=O)(=O)C2)c(C=O)c1. The van der Waals surface area contributed by atoms with Gasteiger partial charge in [-0.1, -0.05) is 0 Å². The minimum absolute atomic E-state index is 0.0165. The Bertz CT molecular complexity index is 700. The highest BCUT2D eigenvalue weighted by molar-refractivity contribution is 7.91. The first-order valence-corrected chi connectivity index (χ1v) is 8.90. The van der Waals surface area contributed by atoms with Crippen LogP contribution in [-0.4, -0.2) is 63.8 Å². The Hall–Kier alpha value is -2.09. The van der Waals surface area contributed by atoms with Gasteiger partial charge in [0.05, 0.1) is 24.2 Å². The van der Waals surface area contributed by atoms with Crippen LogP contribution in [0.2, 0.25) is 0 Å². The minimum Gasteiger partial charge on any atom is -0.497 e. The molecule has 8 heteroatoms.